The number of hydrogen-bond acceptors (Lipinski definition) is 4. The van der Waals surface area contributed by atoms with E-state index in [0.29, 0.717) is 24.6 Å². The predicted octanol–water partition coefficient (Wildman–Crippen LogP) is 5.47. The average Bonchev–Trinajstić information content (AvgIpc) is 3.42. The van der Waals surface area contributed by atoms with Gasteiger partial charge in [-0.05, 0) is 34.7 Å². The van der Waals surface area contributed by atoms with Crippen LogP contribution in [0.4, 0.5) is 0 Å². The molecule has 5 rings (SSSR count). The summed E-state index contributed by atoms with van der Waals surface area (Å²) in [5, 5.41) is 5.30. The van der Waals surface area contributed by atoms with Gasteiger partial charge >= 0.3 is 0 Å². The summed E-state index contributed by atoms with van der Waals surface area (Å²) in [4.78, 5) is 7.81. The molecule has 0 saturated heterocycles. The van der Waals surface area contributed by atoms with Crippen LogP contribution in [-0.4, -0.2) is 15.1 Å². The second-order valence-corrected chi connectivity index (χ2v) is 7.46. The SMILES string of the molecule is Cl.NC(Cc1c[nH]c2ccccc12)c1nc(Cc2ccc(-c3ccccc3)cc2)no1. The van der Waals surface area contributed by atoms with Crippen molar-refractivity contribution in [3.05, 3.63) is 108 Å². The fraction of sp³-hybridized carbons (Fsp3) is 0.120. The van der Waals surface area contributed by atoms with Crippen LogP contribution in [0.3, 0.4) is 0 Å². The third-order valence-corrected chi connectivity index (χ3v) is 5.34. The van der Waals surface area contributed by atoms with E-state index in [-0.39, 0.29) is 18.4 Å². The molecule has 3 N–H and O–H groups in total. The minimum atomic E-state index is -0.342. The first-order valence-corrected chi connectivity index (χ1v) is 10.0. The van der Waals surface area contributed by atoms with E-state index in [1.54, 1.807) is 0 Å². The van der Waals surface area contributed by atoms with Crippen LogP contribution in [0.5, 0.6) is 0 Å². The van der Waals surface area contributed by atoms with Gasteiger partial charge in [0.05, 0.1) is 6.04 Å². The summed E-state index contributed by atoms with van der Waals surface area (Å²) in [6.07, 6.45) is 3.24. The highest BCUT2D eigenvalue weighted by Gasteiger charge is 2.17. The second kappa shape index (κ2) is 9.16. The molecule has 1 unspecified atom stereocenters. The molecule has 0 saturated carbocycles. The minimum absolute atomic E-state index is 0. The number of para-hydroxylation sites is 1. The molecule has 5 aromatic rings. The third kappa shape index (κ3) is 4.53. The maximum absolute atomic E-state index is 6.36. The number of hydrogen-bond donors (Lipinski definition) is 2. The van der Waals surface area contributed by atoms with E-state index >= 15 is 0 Å². The topological polar surface area (TPSA) is 80.7 Å². The van der Waals surface area contributed by atoms with Gasteiger partial charge in [0, 0.05) is 23.5 Å². The first-order valence-electron chi connectivity index (χ1n) is 10.0. The summed E-state index contributed by atoms with van der Waals surface area (Å²) in [5.74, 6) is 1.11. The molecule has 0 spiro atoms. The van der Waals surface area contributed by atoms with Gasteiger partial charge in [-0.1, -0.05) is 78.0 Å². The summed E-state index contributed by atoms with van der Waals surface area (Å²) in [6.45, 7) is 0. The molecule has 0 aliphatic carbocycles. The van der Waals surface area contributed by atoms with Crippen molar-refractivity contribution in [3.63, 3.8) is 0 Å². The van der Waals surface area contributed by atoms with Crippen molar-refractivity contribution < 1.29 is 4.52 Å². The molecule has 3 aromatic carbocycles. The van der Waals surface area contributed by atoms with Gasteiger partial charge in [0.2, 0.25) is 5.89 Å². The van der Waals surface area contributed by atoms with Gasteiger partial charge in [0.25, 0.3) is 0 Å². The van der Waals surface area contributed by atoms with Gasteiger partial charge in [-0.25, -0.2) is 0 Å². The number of nitrogens with zero attached hydrogens (tertiary/aromatic N) is 2. The highest BCUT2D eigenvalue weighted by atomic mass is 35.5. The standard InChI is InChI=1S/C25H22N4O.ClH/c26-22(15-20-16-27-23-9-5-4-8-21(20)23)25-28-24(29-30-25)14-17-10-12-19(13-11-17)18-6-2-1-3-7-18;/h1-13,16,22,27H,14-15,26H2;1H. The summed E-state index contributed by atoms with van der Waals surface area (Å²) in [5.41, 5.74) is 12.1. The maximum atomic E-state index is 6.36. The van der Waals surface area contributed by atoms with Gasteiger partial charge in [-0.2, -0.15) is 4.98 Å². The molecule has 0 bridgehead atoms. The van der Waals surface area contributed by atoms with Crippen LogP contribution in [0, 0.1) is 0 Å². The second-order valence-electron chi connectivity index (χ2n) is 7.46. The van der Waals surface area contributed by atoms with Gasteiger partial charge in [0.15, 0.2) is 5.82 Å². The number of nitrogens with two attached hydrogens (primary N) is 1. The van der Waals surface area contributed by atoms with E-state index in [1.807, 2.05) is 36.5 Å². The van der Waals surface area contributed by atoms with Crippen molar-refractivity contribution >= 4 is 23.3 Å². The van der Waals surface area contributed by atoms with E-state index in [2.05, 4.69) is 63.7 Å². The van der Waals surface area contributed by atoms with Crippen molar-refractivity contribution in [1.29, 1.82) is 0 Å². The molecule has 1 atom stereocenters. The number of rotatable bonds is 6. The van der Waals surface area contributed by atoms with Crippen LogP contribution in [-0.2, 0) is 12.8 Å². The average molecular weight is 431 g/mol. The molecule has 0 aliphatic heterocycles. The van der Waals surface area contributed by atoms with E-state index in [0.717, 1.165) is 16.6 Å². The number of nitrogens with one attached hydrogen (secondary N) is 1. The lowest BCUT2D eigenvalue weighted by Crippen LogP contribution is -2.13. The Balaban J connectivity index is 0.00000231. The highest BCUT2D eigenvalue weighted by Crippen LogP contribution is 2.23. The minimum Gasteiger partial charge on any atom is -0.361 e. The fourth-order valence-corrected chi connectivity index (χ4v) is 3.74. The number of fused-ring (bicyclic) bond motifs is 1. The zero-order valence-corrected chi connectivity index (χ0v) is 17.7. The lowest BCUT2D eigenvalue weighted by Gasteiger charge is -2.05. The van der Waals surface area contributed by atoms with Crippen molar-refractivity contribution in [1.82, 2.24) is 15.1 Å². The number of benzene rings is 3. The van der Waals surface area contributed by atoms with Gasteiger partial charge in [-0.3, -0.25) is 0 Å². The van der Waals surface area contributed by atoms with Crippen LogP contribution in [0.15, 0.2) is 89.6 Å². The van der Waals surface area contributed by atoms with Gasteiger partial charge in [-0.15, -0.1) is 12.4 Å². The molecule has 5 nitrogen and oxygen atoms in total. The largest absolute Gasteiger partial charge is 0.361 e. The first-order chi connectivity index (χ1) is 14.8. The number of halogens is 1. The third-order valence-electron chi connectivity index (χ3n) is 5.34. The first kappa shape index (κ1) is 20.8. The van der Waals surface area contributed by atoms with Crippen LogP contribution >= 0.6 is 12.4 Å². The molecular formula is C25H23ClN4O. The maximum Gasteiger partial charge on any atom is 0.243 e. The summed E-state index contributed by atoms with van der Waals surface area (Å²) < 4.78 is 5.46. The normalized spacial score (nSPS) is 11.9. The Morgan fingerprint density at radius 1 is 0.871 bits per heavy atom. The Bertz CT molecular complexity index is 1260. The number of H-pyrrole nitrogens is 1. The Morgan fingerprint density at radius 3 is 2.39 bits per heavy atom. The molecule has 0 amide bonds. The van der Waals surface area contributed by atoms with E-state index < -0.39 is 0 Å². The quantitative estimate of drug-likeness (QED) is 0.374. The van der Waals surface area contributed by atoms with Gasteiger partial charge in [0.1, 0.15) is 0 Å². The van der Waals surface area contributed by atoms with Crippen molar-refractivity contribution in [2.75, 3.05) is 0 Å². The van der Waals surface area contributed by atoms with Crippen molar-refractivity contribution in [3.8, 4) is 11.1 Å². The fourth-order valence-electron chi connectivity index (χ4n) is 3.74. The van der Waals surface area contributed by atoms with Gasteiger partial charge < -0.3 is 15.2 Å². The molecule has 2 heterocycles. The lowest BCUT2D eigenvalue weighted by molar-refractivity contribution is 0.351. The molecule has 2 aromatic heterocycles. The molecule has 0 aliphatic rings. The molecular weight excluding hydrogens is 408 g/mol. The molecule has 31 heavy (non-hydrogen) atoms. The summed E-state index contributed by atoms with van der Waals surface area (Å²) >= 11 is 0. The summed E-state index contributed by atoms with van der Waals surface area (Å²) in [7, 11) is 0. The molecule has 0 fully saturated rings. The Labute approximate surface area is 186 Å². The summed E-state index contributed by atoms with van der Waals surface area (Å²) in [6, 6.07) is 26.6. The number of aromatic nitrogens is 3. The molecule has 0 radical (unpaired) electrons. The van der Waals surface area contributed by atoms with Crippen LogP contribution in [0.1, 0.15) is 28.9 Å². The monoisotopic (exact) mass is 430 g/mol. The molecule has 6 heteroatoms. The van der Waals surface area contributed by atoms with Crippen molar-refractivity contribution in [2.24, 2.45) is 5.73 Å². The van der Waals surface area contributed by atoms with Crippen molar-refractivity contribution in [2.45, 2.75) is 18.9 Å². The molecule has 156 valence electrons. The van der Waals surface area contributed by atoms with E-state index in [1.165, 1.54) is 16.5 Å². The Morgan fingerprint density at radius 2 is 1.58 bits per heavy atom. The Kier molecular flexibility index (Phi) is 6.16. The number of aromatic amines is 1. The Hall–Kier alpha value is -3.41. The van der Waals surface area contributed by atoms with E-state index in [9.17, 15) is 0 Å². The predicted molar refractivity (Wildman–Crippen MR) is 125 cm³/mol. The smallest absolute Gasteiger partial charge is 0.243 e. The zero-order valence-electron chi connectivity index (χ0n) is 16.9. The van der Waals surface area contributed by atoms with Crippen LogP contribution in [0.25, 0.3) is 22.0 Å². The van der Waals surface area contributed by atoms with E-state index in [4.69, 9.17) is 10.3 Å². The lowest BCUT2D eigenvalue weighted by atomic mass is 10.0. The van der Waals surface area contributed by atoms with Crippen LogP contribution in [0.2, 0.25) is 0 Å². The highest BCUT2D eigenvalue weighted by molar-refractivity contribution is 5.85. The van der Waals surface area contributed by atoms with Crippen LogP contribution < -0.4 is 5.73 Å². The zero-order chi connectivity index (χ0) is 20.3.